The Morgan fingerprint density at radius 3 is 2.57 bits per heavy atom. The fourth-order valence-electron chi connectivity index (χ4n) is 6.04. The Balaban J connectivity index is 0.00000120. The lowest BCUT2D eigenvalue weighted by Gasteiger charge is -2.14. The molecule has 0 unspecified atom stereocenters. The number of hydrogen-bond acceptors (Lipinski definition) is 5. The minimum absolute atomic E-state index is 0.285. The van der Waals surface area contributed by atoms with Crippen molar-refractivity contribution in [3.05, 3.63) is 107 Å². The molecule has 7 nitrogen and oxygen atoms in total. The second kappa shape index (κ2) is 17.3. The number of aryl methyl sites for hydroxylation is 1. The van der Waals surface area contributed by atoms with Gasteiger partial charge < -0.3 is 15.2 Å². The smallest absolute Gasteiger partial charge is 0.124 e. The van der Waals surface area contributed by atoms with E-state index in [1.165, 1.54) is 37.6 Å². The summed E-state index contributed by atoms with van der Waals surface area (Å²) in [6, 6.07) is 11.3. The van der Waals surface area contributed by atoms with Gasteiger partial charge in [-0.05, 0) is 124 Å². The van der Waals surface area contributed by atoms with Crippen LogP contribution < -0.4 is 15.9 Å². The fraction of sp³-hybridized carbons (Fsp3) is 0.308. The predicted octanol–water partition coefficient (Wildman–Crippen LogP) is 7.02. The Morgan fingerprint density at radius 2 is 1.83 bits per heavy atom. The van der Waals surface area contributed by atoms with Crippen LogP contribution in [-0.4, -0.2) is 56.7 Å². The van der Waals surface area contributed by atoms with Gasteiger partial charge in [0.25, 0.3) is 0 Å². The highest BCUT2D eigenvalue weighted by atomic mass is 19.1. The third kappa shape index (κ3) is 8.58. The van der Waals surface area contributed by atoms with Crippen molar-refractivity contribution in [3.63, 3.8) is 0 Å². The van der Waals surface area contributed by atoms with Gasteiger partial charge in [0.1, 0.15) is 11.5 Å². The molecule has 1 fully saturated rings. The molecule has 3 N–H and O–H groups in total. The molecule has 6 rings (SSSR count). The number of hydrogen-bond donors (Lipinski definition) is 3. The van der Waals surface area contributed by atoms with Crippen molar-refractivity contribution in [1.82, 2.24) is 35.4 Å². The number of pyridine rings is 2. The van der Waals surface area contributed by atoms with E-state index in [1.807, 2.05) is 58.4 Å². The van der Waals surface area contributed by atoms with E-state index in [0.717, 1.165) is 80.2 Å². The van der Waals surface area contributed by atoms with Crippen LogP contribution in [0, 0.1) is 5.82 Å². The summed E-state index contributed by atoms with van der Waals surface area (Å²) >= 11 is 0. The summed E-state index contributed by atoms with van der Waals surface area (Å²) in [6.45, 7) is 20.4. The first-order valence-electron chi connectivity index (χ1n) is 16.5. The molecule has 1 saturated heterocycles. The number of likely N-dealkylation sites (tertiary alicyclic amines) is 1. The highest BCUT2D eigenvalue weighted by Crippen LogP contribution is 2.30. The average Bonchev–Trinajstić information content (AvgIpc) is 3.86. The normalized spacial score (nSPS) is 13.7. The molecule has 0 aliphatic carbocycles. The van der Waals surface area contributed by atoms with Crippen molar-refractivity contribution in [3.8, 4) is 22.6 Å². The van der Waals surface area contributed by atoms with Gasteiger partial charge in [0.15, 0.2) is 0 Å². The van der Waals surface area contributed by atoms with Gasteiger partial charge in [0.05, 0.1) is 16.7 Å². The fourth-order valence-corrected chi connectivity index (χ4v) is 6.04. The monoisotopic (exact) mass is 633 g/mol. The molecule has 1 aliphatic heterocycles. The van der Waals surface area contributed by atoms with Gasteiger partial charge in [-0.1, -0.05) is 26.5 Å². The summed E-state index contributed by atoms with van der Waals surface area (Å²) in [6.07, 6.45) is 14.7. The lowest BCUT2D eigenvalue weighted by Crippen LogP contribution is -2.22. The number of halogens is 1. The summed E-state index contributed by atoms with van der Waals surface area (Å²) in [4.78, 5) is 15.3. The highest BCUT2D eigenvalue weighted by Gasteiger charge is 2.15. The molecule has 0 atom stereocenters. The lowest BCUT2D eigenvalue weighted by molar-refractivity contribution is 0.334. The molecule has 5 aromatic rings. The van der Waals surface area contributed by atoms with Gasteiger partial charge in [-0.25, -0.2) is 4.39 Å². The summed E-state index contributed by atoms with van der Waals surface area (Å²) in [7, 11) is 1.85. The third-order valence-electron chi connectivity index (χ3n) is 8.18. The summed E-state index contributed by atoms with van der Waals surface area (Å²) < 4.78 is 14.5. The van der Waals surface area contributed by atoms with Crippen molar-refractivity contribution in [2.24, 2.45) is 0 Å². The molecule has 1 aromatic carbocycles. The topological polar surface area (TPSA) is 85.5 Å². The first-order chi connectivity index (χ1) is 23.0. The van der Waals surface area contributed by atoms with E-state index in [9.17, 15) is 4.39 Å². The first-order valence-corrected chi connectivity index (χ1v) is 16.5. The van der Waals surface area contributed by atoms with Crippen LogP contribution in [0.15, 0.2) is 74.2 Å². The largest absolute Gasteiger partial charge is 0.353 e. The SMILES string of the molecule is C=C.C=c1[nH]nc(-c2cc3c(-c4cc(F)cc(CNC)c4)nccc3[nH]2)/c1=C/C(=C\C)c1cncc(CCCN2CCCC2)c1.CC. The molecule has 4 aromatic heterocycles. The number of aromatic amines is 2. The van der Waals surface area contributed by atoms with Gasteiger partial charge >= 0.3 is 0 Å². The van der Waals surface area contributed by atoms with Gasteiger partial charge in [-0.3, -0.25) is 15.1 Å². The summed E-state index contributed by atoms with van der Waals surface area (Å²) in [5.74, 6) is -0.285. The Labute approximate surface area is 278 Å². The van der Waals surface area contributed by atoms with E-state index in [-0.39, 0.29) is 5.82 Å². The molecule has 246 valence electrons. The van der Waals surface area contributed by atoms with Crippen molar-refractivity contribution < 1.29 is 4.39 Å². The van der Waals surface area contributed by atoms with E-state index in [0.29, 0.717) is 6.54 Å². The number of nitrogens with one attached hydrogen (secondary N) is 3. The molecule has 8 heteroatoms. The van der Waals surface area contributed by atoms with Crippen LogP contribution in [0.1, 0.15) is 56.7 Å². The summed E-state index contributed by atoms with van der Waals surface area (Å²) in [5, 5.41) is 13.3. The molecule has 5 heterocycles. The quantitative estimate of drug-likeness (QED) is 0.144. The Morgan fingerprint density at radius 1 is 1.04 bits per heavy atom. The van der Waals surface area contributed by atoms with Crippen LogP contribution in [0.5, 0.6) is 0 Å². The van der Waals surface area contributed by atoms with E-state index >= 15 is 0 Å². The van der Waals surface area contributed by atoms with Crippen LogP contribution in [0.4, 0.5) is 4.39 Å². The van der Waals surface area contributed by atoms with Gasteiger partial charge in [0.2, 0.25) is 0 Å². The van der Waals surface area contributed by atoms with Crippen LogP contribution in [0.2, 0.25) is 0 Å². The Bertz CT molecular complexity index is 1900. The van der Waals surface area contributed by atoms with Gasteiger partial charge in [-0.2, -0.15) is 5.10 Å². The molecule has 0 spiro atoms. The van der Waals surface area contributed by atoms with Crippen LogP contribution >= 0.6 is 0 Å². The van der Waals surface area contributed by atoms with E-state index in [1.54, 1.807) is 12.3 Å². The molecule has 0 radical (unpaired) electrons. The molecular formula is C39H48FN7. The minimum atomic E-state index is -0.285. The zero-order chi connectivity index (χ0) is 33.8. The Hall–Kier alpha value is -4.66. The number of nitrogens with zero attached hydrogens (tertiary/aromatic N) is 4. The number of benzene rings is 1. The second-order valence-corrected chi connectivity index (χ2v) is 11.3. The zero-order valence-corrected chi connectivity index (χ0v) is 28.3. The molecule has 47 heavy (non-hydrogen) atoms. The van der Waals surface area contributed by atoms with Crippen molar-refractivity contribution in [2.75, 3.05) is 26.7 Å². The van der Waals surface area contributed by atoms with Crippen molar-refractivity contribution in [1.29, 1.82) is 0 Å². The number of allylic oxidation sites excluding steroid dienone is 2. The van der Waals surface area contributed by atoms with Crippen molar-refractivity contribution >= 4 is 29.1 Å². The zero-order valence-electron chi connectivity index (χ0n) is 28.3. The maximum absolute atomic E-state index is 14.5. The van der Waals surface area contributed by atoms with Crippen molar-refractivity contribution in [2.45, 2.75) is 53.0 Å². The van der Waals surface area contributed by atoms with Crippen LogP contribution in [0.25, 0.3) is 51.8 Å². The number of aromatic nitrogens is 5. The van der Waals surface area contributed by atoms with Gasteiger partial charge in [-0.15, -0.1) is 13.2 Å². The van der Waals surface area contributed by atoms with Crippen LogP contribution in [0.3, 0.4) is 0 Å². The third-order valence-corrected chi connectivity index (χ3v) is 8.18. The Kier molecular flexibility index (Phi) is 13.0. The molecular weight excluding hydrogens is 585 g/mol. The summed E-state index contributed by atoms with van der Waals surface area (Å²) in [5.41, 5.74) is 8.17. The molecule has 0 bridgehead atoms. The van der Waals surface area contributed by atoms with E-state index in [2.05, 4.69) is 73.3 Å². The maximum atomic E-state index is 14.5. The number of rotatable bonds is 10. The average molecular weight is 634 g/mol. The lowest BCUT2D eigenvalue weighted by atomic mass is 10.0. The molecule has 0 saturated carbocycles. The first kappa shape index (κ1) is 35.2. The number of fused-ring (bicyclic) bond motifs is 1. The highest BCUT2D eigenvalue weighted by molar-refractivity contribution is 5.96. The van der Waals surface area contributed by atoms with E-state index < -0.39 is 0 Å². The standard InChI is InChI=1S/C35H38FN7.C2H6.C2H4/c1-4-26(28-14-24(21-38-22-28)8-7-13-43-11-5-6-12-43)18-30-23(2)41-42-35(30)33-19-31-32(40-33)9-10-39-34(31)27-15-25(20-37-3)16-29(36)17-27;2*1-2/h4,9-10,14-19,21-22,37,40-41H,2,5-8,11-13,20H2,1,3H3;1-2H3;1-2H2/b26-4+,30-18+;;. The predicted molar refractivity (Wildman–Crippen MR) is 196 cm³/mol. The van der Waals surface area contributed by atoms with Gasteiger partial charge in [0, 0.05) is 46.8 Å². The van der Waals surface area contributed by atoms with E-state index in [4.69, 9.17) is 0 Å². The minimum Gasteiger partial charge on any atom is -0.353 e. The molecule has 1 aliphatic rings. The second-order valence-electron chi connectivity index (χ2n) is 11.3. The number of H-pyrrole nitrogens is 2. The van der Waals surface area contributed by atoms with Crippen LogP contribution in [-0.2, 0) is 13.0 Å². The maximum Gasteiger partial charge on any atom is 0.124 e. The molecule has 0 amide bonds.